The molecule has 1 fully saturated rings. The summed E-state index contributed by atoms with van der Waals surface area (Å²) in [7, 11) is -0.344. The van der Waals surface area contributed by atoms with Gasteiger partial charge in [-0.15, -0.1) is 0 Å². The molecule has 1 aromatic heterocycles. The Morgan fingerprint density at radius 3 is 2.61 bits per heavy atom. The fourth-order valence-electron chi connectivity index (χ4n) is 2.51. The smallest absolute Gasteiger partial charge is 0.224 e. The van der Waals surface area contributed by atoms with Crippen molar-refractivity contribution in [3.8, 4) is 0 Å². The number of rotatable bonds is 6. The summed E-state index contributed by atoms with van der Waals surface area (Å²) in [6.45, 7) is 4.18. The lowest BCUT2D eigenvalue weighted by molar-refractivity contribution is -0.121. The van der Waals surface area contributed by atoms with Crippen molar-refractivity contribution in [2.24, 2.45) is 5.92 Å². The first kappa shape index (κ1) is 17.9. The maximum Gasteiger partial charge on any atom is 0.224 e. The van der Waals surface area contributed by atoms with Gasteiger partial charge in [-0.2, -0.15) is 0 Å². The number of sulfonamides is 1. The van der Waals surface area contributed by atoms with Crippen LogP contribution < -0.4 is 5.32 Å². The van der Waals surface area contributed by atoms with Crippen molar-refractivity contribution >= 4 is 15.9 Å². The first-order valence-corrected chi connectivity index (χ1v) is 9.00. The van der Waals surface area contributed by atoms with Crippen LogP contribution in [0.15, 0.2) is 4.52 Å². The zero-order valence-electron chi connectivity index (χ0n) is 13.8. The van der Waals surface area contributed by atoms with E-state index in [9.17, 15) is 13.2 Å². The maximum absolute atomic E-state index is 12.2. The molecule has 0 unspecified atom stereocenters. The van der Waals surface area contributed by atoms with Gasteiger partial charge in [0.2, 0.25) is 15.9 Å². The Balaban J connectivity index is 1.97. The number of aryl methyl sites for hydroxylation is 2. The molecule has 0 bridgehead atoms. The van der Waals surface area contributed by atoms with Crippen molar-refractivity contribution in [2.45, 2.75) is 26.3 Å². The van der Waals surface area contributed by atoms with E-state index >= 15 is 0 Å². The second-order valence-electron chi connectivity index (χ2n) is 6.01. The van der Waals surface area contributed by atoms with Crippen LogP contribution in [-0.2, 0) is 26.0 Å². The van der Waals surface area contributed by atoms with Gasteiger partial charge in [-0.25, -0.2) is 12.7 Å². The number of nitrogens with zero attached hydrogens (tertiary/aromatic N) is 2. The van der Waals surface area contributed by atoms with Crippen LogP contribution in [0.1, 0.15) is 17.0 Å². The van der Waals surface area contributed by atoms with Gasteiger partial charge in [0.15, 0.2) is 0 Å². The minimum absolute atomic E-state index is 0.0454. The van der Waals surface area contributed by atoms with Crippen LogP contribution in [0.3, 0.4) is 0 Å². The summed E-state index contributed by atoms with van der Waals surface area (Å²) in [6, 6.07) is -0.308. The molecule has 2 rings (SSSR count). The highest BCUT2D eigenvalue weighted by atomic mass is 32.2. The Morgan fingerprint density at radius 2 is 2.04 bits per heavy atom. The quantitative estimate of drug-likeness (QED) is 0.770. The predicted octanol–water partition coefficient (Wildman–Crippen LogP) is -0.143. The second kappa shape index (κ2) is 6.98. The topological polar surface area (TPSA) is 102 Å². The number of hydrogen-bond donors (Lipinski definition) is 1. The largest absolute Gasteiger partial charge is 0.379 e. The fourth-order valence-corrected chi connectivity index (χ4v) is 3.68. The van der Waals surface area contributed by atoms with Gasteiger partial charge >= 0.3 is 0 Å². The number of aromatic nitrogens is 1. The lowest BCUT2D eigenvalue weighted by Crippen LogP contribution is -2.44. The van der Waals surface area contributed by atoms with E-state index < -0.39 is 10.0 Å². The molecule has 0 spiro atoms. The molecule has 2 heterocycles. The summed E-state index contributed by atoms with van der Waals surface area (Å²) >= 11 is 0. The van der Waals surface area contributed by atoms with E-state index in [1.165, 1.54) is 18.4 Å². The monoisotopic (exact) mass is 345 g/mol. The van der Waals surface area contributed by atoms with Gasteiger partial charge < -0.3 is 14.6 Å². The molecular weight excluding hydrogens is 322 g/mol. The van der Waals surface area contributed by atoms with Gasteiger partial charge in [0.05, 0.1) is 37.1 Å². The maximum atomic E-state index is 12.2. The molecule has 1 aliphatic rings. The fraction of sp³-hybridized carbons (Fsp3) is 0.714. The number of hydrogen-bond acceptors (Lipinski definition) is 6. The van der Waals surface area contributed by atoms with Crippen LogP contribution in [0.4, 0.5) is 0 Å². The molecule has 1 aromatic rings. The number of nitrogens with one attached hydrogen (secondary N) is 1. The molecule has 0 aliphatic carbocycles. The van der Waals surface area contributed by atoms with Crippen molar-refractivity contribution in [2.75, 3.05) is 33.1 Å². The van der Waals surface area contributed by atoms with Gasteiger partial charge in [-0.3, -0.25) is 4.79 Å². The van der Waals surface area contributed by atoms with E-state index in [1.54, 1.807) is 13.8 Å². The SMILES string of the molecule is Cc1noc(C)c1CC(=O)N[C@@H]1COC[C@H]1CS(=O)(=O)N(C)C. The lowest BCUT2D eigenvalue weighted by Gasteiger charge is -2.21. The van der Waals surface area contributed by atoms with Gasteiger partial charge in [-0.1, -0.05) is 5.16 Å². The number of ether oxygens (including phenoxy) is 1. The minimum atomic E-state index is -3.34. The van der Waals surface area contributed by atoms with E-state index in [0.717, 1.165) is 5.56 Å². The van der Waals surface area contributed by atoms with Crippen molar-refractivity contribution in [3.63, 3.8) is 0 Å². The standard InChI is InChI=1S/C14H23N3O5S/c1-9-12(10(2)22-16-9)5-14(18)15-13-7-21-6-11(13)8-23(19,20)17(3)4/h11,13H,5-8H2,1-4H3,(H,15,18)/t11-,13+/m0/s1. The third-order valence-electron chi connectivity index (χ3n) is 4.04. The van der Waals surface area contributed by atoms with E-state index in [4.69, 9.17) is 9.26 Å². The highest BCUT2D eigenvalue weighted by molar-refractivity contribution is 7.89. The summed E-state index contributed by atoms with van der Waals surface area (Å²) < 4.78 is 35.6. The summed E-state index contributed by atoms with van der Waals surface area (Å²) in [6.07, 6.45) is 0.158. The normalized spacial score (nSPS) is 21.8. The van der Waals surface area contributed by atoms with Crippen LogP contribution in [0.25, 0.3) is 0 Å². The van der Waals surface area contributed by atoms with Gasteiger partial charge in [0.25, 0.3) is 0 Å². The molecule has 2 atom stereocenters. The molecule has 0 radical (unpaired) electrons. The third-order valence-corrected chi connectivity index (χ3v) is 6.01. The molecule has 23 heavy (non-hydrogen) atoms. The van der Waals surface area contributed by atoms with Crippen molar-refractivity contribution in [1.82, 2.24) is 14.8 Å². The van der Waals surface area contributed by atoms with Crippen LogP contribution in [-0.4, -0.2) is 62.9 Å². The molecule has 0 aromatic carbocycles. The first-order chi connectivity index (χ1) is 10.7. The first-order valence-electron chi connectivity index (χ1n) is 7.39. The summed E-state index contributed by atoms with van der Waals surface area (Å²) in [5.41, 5.74) is 1.45. The molecule has 9 heteroatoms. The Kier molecular flexibility index (Phi) is 5.43. The summed E-state index contributed by atoms with van der Waals surface area (Å²) in [4.78, 5) is 12.2. The van der Waals surface area contributed by atoms with Crippen molar-refractivity contribution in [1.29, 1.82) is 0 Å². The molecule has 8 nitrogen and oxygen atoms in total. The Bertz CT molecular complexity index is 648. The van der Waals surface area contributed by atoms with E-state index in [1.807, 2.05) is 0 Å². The lowest BCUT2D eigenvalue weighted by atomic mass is 10.1. The third kappa shape index (κ3) is 4.30. The van der Waals surface area contributed by atoms with Gasteiger partial charge in [0, 0.05) is 25.6 Å². The highest BCUT2D eigenvalue weighted by Gasteiger charge is 2.34. The molecule has 1 amide bonds. The van der Waals surface area contributed by atoms with Gasteiger partial charge in [0.1, 0.15) is 5.76 Å². The number of carbonyl (C=O) groups excluding carboxylic acids is 1. The zero-order valence-corrected chi connectivity index (χ0v) is 14.6. The predicted molar refractivity (Wildman–Crippen MR) is 83.4 cm³/mol. The van der Waals surface area contributed by atoms with Crippen LogP contribution in [0, 0.1) is 19.8 Å². The Morgan fingerprint density at radius 1 is 1.35 bits per heavy atom. The van der Waals surface area contributed by atoms with Crippen LogP contribution in [0.5, 0.6) is 0 Å². The highest BCUT2D eigenvalue weighted by Crippen LogP contribution is 2.18. The molecule has 1 N–H and O–H groups in total. The average Bonchev–Trinajstić information content (AvgIpc) is 3.00. The number of amides is 1. The molecule has 0 saturated carbocycles. The summed E-state index contributed by atoms with van der Waals surface area (Å²) in [5.74, 6) is 0.126. The van der Waals surface area contributed by atoms with Crippen molar-refractivity contribution < 1.29 is 22.5 Å². The zero-order chi connectivity index (χ0) is 17.2. The van der Waals surface area contributed by atoms with Crippen molar-refractivity contribution in [3.05, 3.63) is 17.0 Å². The van der Waals surface area contributed by atoms with Crippen LogP contribution in [0.2, 0.25) is 0 Å². The minimum Gasteiger partial charge on any atom is -0.379 e. The molecule has 1 aliphatic heterocycles. The molecule has 1 saturated heterocycles. The molecular formula is C14H23N3O5S. The van der Waals surface area contributed by atoms with E-state index in [0.29, 0.717) is 24.7 Å². The number of carbonyl (C=O) groups is 1. The Labute approximate surface area is 136 Å². The van der Waals surface area contributed by atoms with Gasteiger partial charge in [-0.05, 0) is 13.8 Å². The van der Waals surface area contributed by atoms with E-state index in [-0.39, 0.29) is 30.0 Å². The average molecular weight is 345 g/mol. The second-order valence-corrected chi connectivity index (χ2v) is 8.24. The summed E-state index contributed by atoms with van der Waals surface area (Å²) in [5, 5.41) is 6.69. The Hall–Kier alpha value is -1.45. The van der Waals surface area contributed by atoms with E-state index in [2.05, 4.69) is 10.5 Å². The molecule has 130 valence electrons. The van der Waals surface area contributed by atoms with Crippen LogP contribution >= 0.6 is 0 Å².